The molecule has 4 aromatic carbocycles. The zero-order valence-corrected chi connectivity index (χ0v) is 16.2. The topological polar surface area (TPSA) is 20.3 Å². The van der Waals surface area contributed by atoms with E-state index >= 15 is 0 Å². The standard InChI is InChI=1S/C26H19F2NO/c27-20-9-5-8-18(14-20)22-15-25(30)29(16-19-7-2-4-11-23(19)28)24-13-12-17-6-1-3-10-21(17)26(22)24/h1-14,22H,15-16H2. The van der Waals surface area contributed by atoms with Gasteiger partial charge in [-0.15, -0.1) is 0 Å². The molecule has 0 saturated heterocycles. The van der Waals surface area contributed by atoms with Crippen molar-refractivity contribution < 1.29 is 13.6 Å². The highest BCUT2D eigenvalue weighted by atomic mass is 19.1. The second kappa shape index (κ2) is 7.38. The third-order valence-electron chi connectivity index (χ3n) is 5.80. The molecular formula is C26H19F2NO. The zero-order valence-electron chi connectivity index (χ0n) is 16.2. The summed E-state index contributed by atoms with van der Waals surface area (Å²) in [5.74, 6) is -1.02. The molecule has 1 aliphatic rings. The number of amides is 1. The van der Waals surface area contributed by atoms with Crippen molar-refractivity contribution in [3.8, 4) is 0 Å². The normalized spacial score (nSPS) is 16.0. The van der Waals surface area contributed by atoms with Gasteiger partial charge in [0.1, 0.15) is 11.6 Å². The Kier molecular flexibility index (Phi) is 4.55. The quantitative estimate of drug-likeness (QED) is 0.402. The summed E-state index contributed by atoms with van der Waals surface area (Å²) < 4.78 is 28.3. The largest absolute Gasteiger partial charge is 0.308 e. The number of rotatable bonds is 3. The lowest BCUT2D eigenvalue weighted by Crippen LogP contribution is -2.36. The molecule has 148 valence electrons. The molecule has 2 nitrogen and oxygen atoms in total. The van der Waals surface area contributed by atoms with E-state index in [1.165, 1.54) is 18.2 Å². The maximum Gasteiger partial charge on any atom is 0.228 e. The van der Waals surface area contributed by atoms with E-state index in [2.05, 4.69) is 0 Å². The Morgan fingerprint density at radius 3 is 2.50 bits per heavy atom. The van der Waals surface area contributed by atoms with Gasteiger partial charge in [-0.3, -0.25) is 4.79 Å². The average molecular weight is 399 g/mol. The summed E-state index contributed by atoms with van der Waals surface area (Å²) in [4.78, 5) is 14.8. The van der Waals surface area contributed by atoms with Crippen LogP contribution in [0.1, 0.15) is 29.0 Å². The van der Waals surface area contributed by atoms with Gasteiger partial charge >= 0.3 is 0 Å². The van der Waals surface area contributed by atoms with E-state index in [4.69, 9.17) is 0 Å². The zero-order chi connectivity index (χ0) is 20.7. The molecule has 1 unspecified atom stereocenters. The highest BCUT2D eigenvalue weighted by Crippen LogP contribution is 2.44. The fourth-order valence-corrected chi connectivity index (χ4v) is 4.39. The van der Waals surface area contributed by atoms with E-state index in [-0.39, 0.29) is 36.4 Å². The van der Waals surface area contributed by atoms with E-state index in [0.29, 0.717) is 5.56 Å². The van der Waals surface area contributed by atoms with Gasteiger partial charge in [-0.25, -0.2) is 8.78 Å². The molecule has 0 radical (unpaired) electrons. The van der Waals surface area contributed by atoms with Crippen LogP contribution in [0.3, 0.4) is 0 Å². The lowest BCUT2D eigenvalue weighted by Gasteiger charge is -2.35. The van der Waals surface area contributed by atoms with Gasteiger partial charge in [-0.1, -0.05) is 60.7 Å². The Bertz CT molecular complexity index is 1270. The van der Waals surface area contributed by atoms with Gasteiger partial charge in [-0.05, 0) is 46.2 Å². The van der Waals surface area contributed by atoms with Crippen LogP contribution in [0.2, 0.25) is 0 Å². The average Bonchev–Trinajstić information content (AvgIpc) is 2.76. The van der Waals surface area contributed by atoms with Crippen molar-refractivity contribution in [2.24, 2.45) is 0 Å². The van der Waals surface area contributed by atoms with Crippen molar-refractivity contribution in [1.29, 1.82) is 0 Å². The van der Waals surface area contributed by atoms with Gasteiger partial charge in [0.15, 0.2) is 0 Å². The molecule has 0 spiro atoms. The van der Waals surface area contributed by atoms with Gasteiger partial charge in [0.25, 0.3) is 0 Å². The molecule has 1 aliphatic heterocycles. The van der Waals surface area contributed by atoms with Crippen LogP contribution in [0.25, 0.3) is 10.8 Å². The van der Waals surface area contributed by atoms with E-state index in [0.717, 1.165) is 27.6 Å². The van der Waals surface area contributed by atoms with Crippen molar-refractivity contribution in [2.75, 3.05) is 4.90 Å². The summed E-state index contributed by atoms with van der Waals surface area (Å²) in [5.41, 5.74) is 2.97. The molecule has 0 bridgehead atoms. The van der Waals surface area contributed by atoms with E-state index in [9.17, 15) is 13.6 Å². The van der Waals surface area contributed by atoms with Crippen molar-refractivity contribution >= 4 is 22.4 Å². The Balaban J connectivity index is 1.70. The van der Waals surface area contributed by atoms with Crippen molar-refractivity contribution in [1.82, 2.24) is 0 Å². The predicted molar refractivity (Wildman–Crippen MR) is 114 cm³/mol. The first-order valence-electron chi connectivity index (χ1n) is 9.92. The fourth-order valence-electron chi connectivity index (χ4n) is 4.39. The molecule has 0 aliphatic carbocycles. The Labute approximate surface area is 173 Å². The van der Waals surface area contributed by atoms with E-state index in [1.54, 1.807) is 29.2 Å². The summed E-state index contributed by atoms with van der Waals surface area (Å²) in [6.45, 7) is 0.159. The maximum absolute atomic E-state index is 14.3. The number of benzene rings is 4. The number of carbonyl (C=O) groups is 1. The molecule has 5 rings (SSSR count). The minimum Gasteiger partial charge on any atom is -0.308 e. The molecule has 4 heteroatoms. The summed E-state index contributed by atoms with van der Waals surface area (Å²) in [7, 11) is 0. The van der Waals surface area contributed by atoms with Gasteiger partial charge < -0.3 is 4.90 Å². The minimum absolute atomic E-state index is 0.102. The third-order valence-corrected chi connectivity index (χ3v) is 5.80. The molecule has 0 N–H and O–H groups in total. The van der Waals surface area contributed by atoms with Crippen molar-refractivity contribution in [2.45, 2.75) is 18.9 Å². The minimum atomic E-state index is -0.333. The lowest BCUT2D eigenvalue weighted by atomic mass is 9.81. The van der Waals surface area contributed by atoms with Crippen LogP contribution in [0.15, 0.2) is 84.9 Å². The first kappa shape index (κ1) is 18.5. The molecule has 0 aromatic heterocycles. The number of carbonyl (C=O) groups excluding carboxylic acids is 1. The molecular weight excluding hydrogens is 380 g/mol. The summed E-state index contributed by atoms with van der Waals surface area (Å²) in [6.07, 6.45) is 0.207. The van der Waals surface area contributed by atoms with Crippen LogP contribution in [0.5, 0.6) is 0 Å². The van der Waals surface area contributed by atoms with Crippen LogP contribution < -0.4 is 4.90 Å². The third kappa shape index (κ3) is 3.14. The van der Waals surface area contributed by atoms with Crippen LogP contribution in [-0.2, 0) is 11.3 Å². The smallest absolute Gasteiger partial charge is 0.228 e. The van der Waals surface area contributed by atoms with Crippen molar-refractivity contribution in [3.05, 3.63) is 113 Å². The van der Waals surface area contributed by atoms with Crippen LogP contribution in [0, 0.1) is 11.6 Å². The van der Waals surface area contributed by atoms with E-state index in [1.807, 2.05) is 42.5 Å². The highest BCUT2D eigenvalue weighted by Gasteiger charge is 2.34. The number of fused-ring (bicyclic) bond motifs is 3. The van der Waals surface area contributed by atoms with Crippen LogP contribution in [-0.4, -0.2) is 5.91 Å². The second-order valence-corrected chi connectivity index (χ2v) is 7.60. The second-order valence-electron chi connectivity index (χ2n) is 7.60. The molecule has 30 heavy (non-hydrogen) atoms. The summed E-state index contributed by atoms with van der Waals surface area (Å²) >= 11 is 0. The van der Waals surface area contributed by atoms with Gasteiger partial charge in [0, 0.05) is 23.6 Å². The van der Waals surface area contributed by atoms with E-state index < -0.39 is 0 Å². The van der Waals surface area contributed by atoms with Gasteiger partial charge in [0.05, 0.1) is 6.54 Å². The number of hydrogen-bond acceptors (Lipinski definition) is 1. The number of hydrogen-bond donors (Lipinski definition) is 0. The molecule has 1 heterocycles. The molecule has 4 aromatic rings. The van der Waals surface area contributed by atoms with Crippen LogP contribution in [0.4, 0.5) is 14.5 Å². The summed E-state index contributed by atoms with van der Waals surface area (Å²) in [5, 5.41) is 2.08. The molecule has 0 saturated carbocycles. The fraction of sp³-hybridized carbons (Fsp3) is 0.115. The Hall–Kier alpha value is -3.53. The van der Waals surface area contributed by atoms with Crippen molar-refractivity contribution in [3.63, 3.8) is 0 Å². The van der Waals surface area contributed by atoms with Gasteiger partial charge in [-0.2, -0.15) is 0 Å². The maximum atomic E-state index is 14.3. The lowest BCUT2D eigenvalue weighted by molar-refractivity contribution is -0.119. The number of halogens is 2. The first-order valence-corrected chi connectivity index (χ1v) is 9.92. The molecule has 1 amide bonds. The number of nitrogens with zero attached hydrogens (tertiary/aromatic N) is 1. The monoisotopic (exact) mass is 399 g/mol. The predicted octanol–water partition coefficient (Wildman–Crippen LogP) is 6.19. The van der Waals surface area contributed by atoms with Crippen LogP contribution >= 0.6 is 0 Å². The molecule has 1 atom stereocenters. The Morgan fingerprint density at radius 1 is 0.867 bits per heavy atom. The first-order chi connectivity index (χ1) is 14.6. The SMILES string of the molecule is O=C1CC(c2cccc(F)c2)c2c(ccc3ccccc23)N1Cc1ccccc1F. The Morgan fingerprint density at radius 2 is 1.67 bits per heavy atom. The summed E-state index contributed by atoms with van der Waals surface area (Å²) in [6, 6.07) is 24.8. The molecule has 0 fully saturated rings. The highest BCUT2D eigenvalue weighted by molar-refractivity contribution is 6.03. The number of anilines is 1. The van der Waals surface area contributed by atoms with Gasteiger partial charge in [0.2, 0.25) is 5.91 Å².